The zero-order chi connectivity index (χ0) is 18.7. The van der Waals surface area contributed by atoms with Gasteiger partial charge in [0.15, 0.2) is 6.29 Å². The molecular formula is C17H14ClN3O5. The van der Waals surface area contributed by atoms with Crippen LogP contribution in [0.5, 0.6) is 5.88 Å². The maximum atomic E-state index is 11.6. The highest BCUT2D eigenvalue weighted by Crippen LogP contribution is 2.27. The smallest absolute Gasteiger partial charge is 0.356 e. The number of aldehydes is 1. The standard InChI is InChI=1S/C17H14ClN3O5/c1-21-13(17(23)24-2)7-15(19-21)25-9-12-14(8-22)26-20-16(12)10-3-5-11(18)6-4-10/h3-8H,9H2,1-2H3. The molecule has 26 heavy (non-hydrogen) atoms. The van der Waals surface area contributed by atoms with Crippen LogP contribution in [-0.2, 0) is 18.4 Å². The van der Waals surface area contributed by atoms with E-state index in [-0.39, 0.29) is 23.9 Å². The summed E-state index contributed by atoms with van der Waals surface area (Å²) in [6.45, 7) is -0.0207. The maximum absolute atomic E-state index is 11.6. The molecule has 0 saturated carbocycles. The Labute approximate surface area is 153 Å². The van der Waals surface area contributed by atoms with Gasteiger partial charge < -0.3 is 14.0 Å². The molecule has 0 unspecified atom stereocenters. The third-order valence-electron chi connectivity index (χ3n) is 3.66. The van der Waals surface area contributed by atoms with E-state index in [2.05, 4.69) is 15.0 Å². The number of benzene rings is 1. The van der Waals surface area contributed by atoms with Crippen LogP contribution in [0.15, 0.2) is 34.9 Å². The summed E-state index contributed by atoms with van der Waals surface area (Å²) in [5.74, 6) is -0.276. The van der Waals surface area contributed by atoms with E-state index >= 15 is 0 Å². The van der Waals surface area contributed by atoms with E-state index in [0.29, 0.717) is 22.6 Å². The third-order valence-corrected chi connectivity index (χ3v) is 3.91. The number of hydrogen-bond acceptors (Lipinski definition) is 7. The first kappa shape index (κ1) is 17.7. The predicted molar refractivity (Wildman–Crippen MR) is 91.2 cm³/mol. The minimum absolute atomic E-state index is 0.0207. The molecule has 134 valence electrons. The summed E-state index contributed by atoms with van der Waals surface area (Å²) < 4.78 is 16.7. The van der Waals surface area contributed by atoms with Crippen LogP contribution in [-0.4, -0.2) is 34.3 Å². The lowest BCUT2D eigenvalue weighted by atomic mass is 10.1. The van der Waals surface area contributed by atoms with Crippen molar-refractivity contribution in [3.05, 3.63) is 52.4 Å². The second-order valence-electron chi connectivity index (χ2n) is 5.27. The van der Waals surface area contributed by atoms with Crippen molar-refractivity contribution in [1.82, 2.24) is 14.9 Å². The Balaban J connectivity index is 1.86. The molecule has 0 bridgehead atoms. The molecule has 1 aromatic carbocycles. The van der Waals surface area contributed by atoms with Crippen LogP contribution in [0.3, 0.4) is 0 Å². The highest BCUT2D eigenvalue weighted by molar-refractivity contribution is 6.30. The van der Waals surface area contributed by atoms with Gasteiger partial charge in [0.25, 0.3) is 0 Å². The number of ether oxygens (including phenoxy) is 2. The van der Waals surface area contributed by atoms with Gasteiger partial charge in [0.1, 0.15) is 18.0 Å². The molecule has 0 atom stereocenters. The normalized spacial score (nSPS) is 10.6. The molecule has 0 N–H and O–H groups in total. The quantitative estimate of drug-likeness (QED) is 0.482. The molecule has 0 saturated heterocycles. The lowest BCUT2D eigenvalue weighted by Gasteiger charge is -2.04. The number of nitrogens with zero attached hydrogens (tertiary/aromatic N) is 3. The summed E-state index contributed by atoms with van der Waals surface area (Å²) in [4.78, 5) is 22.9. The fourth-order valence-electron chi connectivity index (χ4n) is 2.34. The summed E-state index contributed by atoms with van der Waals surface area (Å²) in [5.41, 5.74) is 1.89. The molecule has 2 aromatic heterocycles. The van der Waals surface area contributed by atoms with E-state index in [1.54, 1.807) is 31.3 Å². The molecule has 3 aromatic rings. The highest BCUT2D eigenvalue weighted by Gasteiger charge is 2.20. The summed E-state index contributed by atoms with van der Waals surface area (Å²) in [7, 11) is 2.87. The Bertz CT molecular complexity index is 946. The van der Waals surface area contributed by atoms with E-state index in [9.17, 15) is 9.59 Å². The van der Waals surface area contributed by atoms with Crippen molar-refractivity contribution in [1.29, 1.82) is 0 Å². The van der Waals surface area contributed by atoms with Gasteiger partial charge in [0, 0.05) is 23.7 Å². The first-order valence-corrected chi connectivity index (χ1v) is 7.86. The van der Waals surface area contributed by atoms with Crippen LogP contribution in [0.2, 0.25) is 5.02 Å². The average Bonchev–Trinajstić information content (AvgIpc) is 3.23. The van der Waals surface area contributed by atoms with Crippen LogP contribution in [0.1, 0.15) is 26.6 Å². The zero-order valence-electron chi connectivity index (χ0n) is 13.9. The van der Waals surface area contributed by atoms with Gasteiger partial charge in [0.05, 0.1) is 12.7 Å². The molecule has 0 radical (unpaired) electrons. The lowest BCUT2D eigenvalue weighted by Crippen LogP contribution is -2.07. The number of methoxy groups -OCH3 is 1. The van der Waals surface area contributed by atoms with Gasteiger partial charge in [-0.1, -0.05) is 28.9 Å². The van der Waals surface area contributed by atoms with Crippen LogP contribution < -0.4 is 4.74 Å². The van der Waals surface area contributed by atoms with Crippen LogP contribution in [0.4, 0.5) is 0 Å². The second kappa shape index (κ2) is 7.40. The first-order chi connectivity index (χ1) is 12.5. The number of rotatable bonds is 6. The van der Waals surface area contributed by atoms with E-state index in [1.807, 2.05) is 0 Å². The Morgan fingerprint density at radius 1 is 1.35 bits per heavy atom. The van der Waals surface area contributed by atoms with Crippen LogP contribution >= 0.6 is 11.6 Å². The van der Waals surface area contributed by atoms with E-state index in [1.165, 1.54) is 17.9 Å². The summed E-state index contributed by atoms with van der Waals surface area (Å²) in [6, 6.07) is 8.38. The SMILES string of the molecule is COC(=O)c1cc(OCc2c(-c3ccc(Cl)cc3)noc2C=O)nn1C. The van der Waals surface area contributed by atoms with Gasteiger partial charge >= 0.3 is 5.97 Å². The minimum Gasteiger partial charge on any atom is -0.471 e. The molecule has 2 heterocycles. The second-order valence-corrected chi connectivity index (χ2v) is 5.71. The van der Waals surface area contributed by atoms with Crippen molar-refractivity contribution in [3.63, 3.8) is 0 Å². The number of hydrogen-bond donors (Lipinski definition) is 0. The third kappa shape index (κ3) is 3.45. The van der Waals surface area contributed by atoms with Crippen molar-refractivity contribution in [2.45, 2.75) is 6.61 Å². The maximum Gasteiger partial charge on any atom is 0.356 e. The fourth-order valence-corrected chi connectivity index (χ4v) is 2.47. The fraction of sp³-hybridized carbons (Fsp3) is 0.176. The van der Waals surface area contributed by atoms with Crippen molar-refractivity contribution in [3.8, 4) is 17.1 Å². The Morgan fingerprint density at radius 3 is 2.73 bits per heavy atom. The first-order valence-electron chi connectivity index (χ1n) is 7.48. The van der Waals surface area contributed by atoms with Gasteiger partial charge in [-0.05, 0) is 12.1 Å². The molecule has 0 aliphatic rings. The topological polar surface area (TPSA) is 96.4 Å². The number of aromatic nitrogens is 3. The Morgan fingerprint density at radius 2 is 2.08 bits per heavy atom. The zero-order valence-corrected chi connectivity index (χ0v) is 14.7. The Kier molecular flexibility index (Phi) is 5.04. The number of carbonyl (C=O) groups is 2. The molecule has 8 nitrogen and oxygen atoms in total. The van der Waals surface area contributed by atoms with Crippen molar-refractivity contribution in [2.24, 2.45) is 7.05 Å². The average molecular weight is 376 g/mol. The van der Waals surface area contributed by atoms with Crippen LogP contribution in [0.25, 0.3) is 11.3 Å². The summed E-state index contributed by atoms with van der Waals surface area (Å²) in [6.07, 6.45) is 0.559. The molecule has 0 spiro atoms. The van der Waals surface area contributed by atoms with Crippen molar-refractivity contribution < 1.29 is 23.6 Å². The Hall–Kier alpha value is -3.13. The number of halogens is 1. The van der Waals surface area contributed by atoms with Crippen LogP contribution in [0, 0.1) is 0 Å². The van der Waals surface area contributed by atoms with E-state index in [4.69, 9.17) is 20.9 Å². The molecule has 3 rings (SSSR count). The van der Waals surface area contributed by atoms with Gasteiger partial charge in [-0.3, -0.25) is 9.48 Å². The van der Waals surface area contributed by atoms with Crippen molar-refractivity contribution in [2.75, 3.05) is 7.11 Å². The highest BCUT2D eigenvalue weighted by atomic mass is 35.5. The number of carbonyl (C=O) groups excluding carboxylic acids is 2. The van der Waals surface area contributed by atoms with Gasteiger partial charge in [0.2, 0.25) is 11.6 Å². The molecule has 9 heteroatoms. The van der Waals surface area contributed by atoms with Crippen molar-refractivity contribution >= 4 is 23.9 Å². The van der Waals surface area contributed by atoms with Gasteiger partial charge in [-0.15, -0.1) is 5.10 Å². The molecule has 0 aliphatic heterocycles. The molecule has 0 fully saturated rings. The van der Waals surface area contributed by atoms with E-state index in [0.717, 1.165) is 5.56 Å². The molecular weight excluding hydrogens is 362 g/mol. The monoisotopic (exact) mass is 375 g/mol. The lowest BCUT2D eigenvalue weighted by molar-refractivity contribution is 0.0588. The summed E-state index contributed by atoms with van der Waals surface area (Å²) in [5, 5.41) is 8.60. The molecule has 0 amide bonds. The largest absolute Gasteiger partial charge is 0.471 e. The predicted octanol–water partition coefficient (Wildman–Crippen LogP) is 2.91. The van der Waals surface area contributed by atoms with Gasteiger partial charge in [-0.25, -0.2) is 4.79 Å². The van der Waals surface area contributed by atoms with Gasteiger partial charge in [-0.2, -0.15) is 0 Å². The number of aryl methyl sites for hydroxylation is 1. The molecule has 0 aliphatic carbocycles. The van der Waals surface area contributed by atoms with E-state index < -0.39 is 5.97 Å². The minimum atomic E-state index is -0.532. The summed E-state index contributed by atoms with van der Waals surface area (Å²) >= 11 is 5.89. The number of esters is 1.